The lowest BCUT2D eigenvalue weighted by atomic mass is 9.64. The predicted octanol–water partition coefficient (Wildman–Crippen LogP) is 1.85. The molecule has 5 aliphatic rings. The molecular weight excluding hydrogens is 198 g/mol. The molecule has 0 aromatic heterocycles. The fourth-order valence-corrected chi connectivity index (χ4v) is 3.97. The maximum atomic E-state index is 4.50. The second kappa shape index (κ2) is 2.90. The summed E-state index contributed by atoms with van der Waals surface area (Å²) in [7, 11) is 0. The Labute approximate surface area is 95.9 Å². The van der Waals surface area contributed by atoms with Crippen molar-refractivity contribution in [2.24, 2.45) is 16.9 Å². The highest BCUT2D eigenvalue weighted by molar-refractivity contribution is 5.88. The molecule has 3 heterocycles. The summed E-state index contributed by atoms with van der Waals surface area (Å²) in [6.45, 7) is 0.921. The van der Waals surface area contributed by atoms with Gasteiger partial charge in [-0.15, -0.1) is 0 Å². The fourth-order valence-electron chi connectivity index (χ4n) is 3.97. The average molecular weight is 215 g/mol. The van der Waals surface area contributed by atoms with Crippen molar-refractivity contribution in [2.45, 2.75) is 31.2 Å². The molecule has 1 N–H and O–H groups in total. The quantitative estimate of drug-likeness (QED) is 0.723. The average Bonchev–Trinajstić information content (AvgIpc) is 3.03. The Hall–Kier alpha value is -1.25. The number of rotatable bonds is 1. The zero-order chi connectivity index (χ0) is 10.6. The summed E-state index contributed by atoms with van der Waals surface area (Å²) in [6, 6.07) is 0. The van der Waals surface area contributed by atoms with E-state index in [-0.39, 0.29) is 0 Å². The highest BCUT2D eigenvalue weighted by Crippen LogP contribution is 2.50. The molecule has 2 bridgehead atoms. The van der Waals surface area contributed by atoms with E-state index in [9.17, 15) is 0 Å². The minimum Gasteiger partial charge on any atom is -0.333 e. The van der Waals surface area contributed by atoms with E-state index in [2.05, 4.69) is 39.7 Å². The van der Waals surface area contributed by atoms with Crippen LogP contribution in [-0.2, 0) is 0 Å². The molecule has 0 amide bonds. The maximum Gasteiger partial charge on any atom is 0.129 e. The standard InChI is InChI=1S/C13H17N3/c1-2-4-11(3-1)13-7-5-10(6-8-13)12-15-14-9-16(12)13/h1-4,10-11,14H,5-9H2. The van der Waals surface area contributed by atoms with E-state index in [0.717, 1.165) is 12.6 Å². The van der Waals surface area contributed by atoms with Gasteiger partial charge in [-0.05, 0) is 25.7 Å². The van der Waals surface area contributed by atoms with Crippen molar-refractivity contribution in [3.8, 4) is 0 Å². The summed E-state index contributed by atoms with van der Waals surface area (Å²) >= 11 is 0. The van der Waals surface area contributed by atoms with Crippen LogP contribution in [0.2, 0.25) is 0 Å². The number of piperidine rings is 2. The summed E-state index contributed by atoms with van der Waals surface area (Å²) in [5.74, 6) is 2.66. The fraction of sp³-hybridized carbons (Fsp3) is 0.615. The molecule has 1 saturated carbocycles. The zero-order valence-electron chi connectivity index (χ0n) is 9.39. The lowest BCUT2D eigenvalue weighted by Crippen LogP contribution is -2.63. The van der Waals surface area contributed by atoms with Crippen molar-refractivity contribution in [3.63, 3.8) is 0 Å². The Morgan fingerprint density at radius 1 is 1.25 bits per heavy atom. The van der Waals surface area contributed by atoms with Crippen molar-refractivity contribution >= 4 is 5.84 Å². The number of hydrogen-bond donors (Lipinski definition) is 1. The number of nitrogens with zero attached hydrogens (tertiary/aromatic N) is 2. The van der Waals surface area contributed by atoms with Crippen molar-refractivity contribution < 1.29 is 0 Å². The van der Waals surface area contributed by atoms with Crippen molar-refractivity contribution in [1.29, 1.82) is 0 Å². The van der Waals surface area contributed by atoms with Gasteiger partial charge in [0, 0.05) is 11.8 Å². The monoisotopic (exact) mass is 215 g/mol. The third kappa shape index (κ3) is 0.920. The summed E-state index contributed by atoms with van der Waals surface area (Å²) in [4.78, 5) is 2.55. The van der Waals surface area contributed by atoms with Gasteiger partial charge < -0.3 is 4.90 Å². The SMILES string of the molecule is C1=CC(C23CCC(CC2)C2=NNCN23)C=C1. The Balaban J connectivity index is 1.78. The van der Waals surface area contributed by atoms with Crippen LogP contribution in [0.25, 0.3) is 0 Å². The van der Waals surface area contributed by atoms with Gasteiger partial charge >= 0.3 is 0 Å². The molecule has 3 nitrogen and oxygen atoms in total. The molecule has 0 spiro atoms. The van der Waals surface area contributed by atoms with Crippen LogP contribution >= 0.6 is 0 Å². The van der Waals surface area contributed by atoms with E-state index >= 15 is 0 Å². The molecular formula is C13H17N3. The molecule has 2 aliphatic carbocycles. The molecule has 0 aromatic carbocycles. The van der Waals surface area contributed by atoms with Crippen LogP contribution in [0.1, 0.15) is 25.7 Å². The van der Waals surface area contributed by atoms with Gasteiger partial charge in [-0.3, -0.25) is 5.43 Å². The first-order valence-electron chi connectivity index (χ1n) is 6.33. The van der Waals surface area contributed by atoms with Gasteiger partial charge in [-0.25, -0.2) is 0 Å². The molecule has 0 atom stereocenters. The molecule has 2 saturated heterocycles. The van der Waals surface area contributed by atoms with E-state index < -0.39 is 0 Å². The summed E-state index contributed by atoms with van der Waals surface area (Å²) in [6.07, 6.45) is 14.4. The van der Waals surface area contributed by atoms with Crippen LogP contribution in [0.3, 0.4) is 0 Å². The zero-order valence-corrected chi connectivity index (χ0v) is 9.39. The van der Waals surface area contributed by atoms with Gasteiger partial charge in [0.05, 0.1) is 5.54 Å². The van der Waals surface area contributed by atoms with Crippen LogP contribution in [0.4, 0.5) is 0 Å². The first-order valence-corrected chi connectivity index (χ1v) is 6.33. The van der Waals surface area contributed by atoms with Crippen LogP contribution < -0.4 is 5.43 Å². The third-order valence-electron chi connectivity index (χ3n) is 4.82. The molecule has 3 aliphatic heterocycles. The highest BCUT2D eigenvalue weighted by Gasteiger charge is 2.53. The molecule has 0 radical (unpaired) electrons. The first-order chi connectivity index (χ1) is 7.90. The number of allylic oxidation sites excluding steroid dienone is 2. The number of nitrogens with one attached hydrogen (secondary N) is 1. The predicted molar refractivity (Wildman–Crippen MR) is 63.7 cm³/mol. The van der Waals surface area contributed by atoms with Crippen LogP contribution in [0.5, 0.6) is 0 Å². The largest absolute Gasteiger partial charge is 0.333 e. The van der Waals surface area contributed by atoms with E-state index in [1.54, 1.807) is 0 Å². The molecule has 3 fully saturated rings. The minimum absolute atomic E-state index is 0.334. The van der Waals surface area contributed by atoms with Crippen molar-refractivity contribution in [1.82, 2.24) is 10.3 Å². The highest BCUT2D eigenvalue weighted by atomic mass is 15.5. The molecule has 84 valence electrons. The van der Waals surface area contributed by atoms with Crippen LogP contribution in [0, 0.1) is 11.8 Å². The topological polar surface area (TPSA) is 27.6 Å². The minimum atomic E-state index is 0.334. The summed E-state index contributed by atoms with van der Waals surface area (Å²) in [5, 5.41) is 4.50. The first kappa shape index (κ1) is 8.85. The number of amidine groups is 1. The second-order valence-corrected chi connectivity index (χ2v) is 5.39. The van der Waals surface area contributed by atoms with Gasteiger partial charge in [-0.1, -0.05) is 24.3 Å². The van der Waals surface area contributed by atoms with E-state index in [1.807, 2.05) is 0 Å². The van der Waals surface area contributed by atoms with Gasteiger partial charge in [-0.2, -0.15) is 5.10 Å². The van der Waals surface area contributed by atoms with Gasteiger partial charge in [0.15, 0.2) is 0 Å². The van der Waals surface area contributed by atoms with Crippen molar-refractivity contribution in [2.75, 3.05) is 6.67 Å². The van der Waals surface area contributed by atoms with Gasteiger partial charge in [0.25, 0.3) is 0 Å². The van der Waals surface area contributed by atoms with E-state index in [4.69, 9.17) is 0 Å². The second-order valence-electron chi connectivity index (χ2n) is 5.39. The van der Waals surface area contributed by atoms with Crippen LogP contribution in [-0.4, -0.2) is 22.9 Å². The Kier molecular flexibility index (Phi) is 1.61. The number of hydrazone groups is 1. The molecule has 16 heavy (non-hydrogen) atoms. The summed E-state index contributed by atoms with van der Waals surface area (Å²) in [5.41, 5.74) is 3.51. The smallest absolute Gasteiger partial charge is 0.129 e. The number of fused-ring (bicyclic) bond motifs is 2. The van der Waals surface area contributed by atoms with Crippen LogP contribution in [0.15, 0.2) is 29.4 Å². The molecule has 3 heteroatoms. The lowest BCUT2D eigenvalue weighted by Gasteiger charge is -2.56. The summed E-state index contributed by atoms with van der Waals surface area (Å²) < 4.78 is 0. The third-order valence-corrected chi connectivity index (χ3v) is 4.82. The van der Waals surface area contributed by atoms with Gasteiger partial charge in [0.1, 0.15) is 12.5 Å². The Morgan fingerprint density at radius 3 is 2.75 bits per heavy atom. The molecule has 0 unspecified atom stereocenters. The molecule has 5 rings (SSSR count). The maximum absolute atomic E-state index is 4.50. The molecule has 0 aromatic rings. The lowest BCUT2D eigenvalue weighted by molar-refractivity contribution is 0.0468. The van der Waals surface area contributed by atoms with Gasteiger partial charge in [0.2, 0.25) is 0 Å². The normalized spacial score (nSPS) is 40.1. The van der Waals surface area contributed by atoms with E-state index in [0.29, 0.717) is 11.5 Å². The van der Waals surface area contributed by atoms with E-state index in [1.165, 1.54) is 31.5 Å². The number of hydrogen-bond acceptors (Lipinski definition) is 3. The Morgan fingerprint density at radius 2 is 2.00 bits per heavy atom. The van der Waals surface area contributed by atoms with Crippen molar-refractivity contribution in [3.05, 3.63) is 24.3 Å². The Bertz CT molecular complexity index is 387.